The molecular formula is C15H16N6O. The lowest BCUT2D eigenvalue weighted by molar-refractivity contribution is 0.461. The Morgan fingerprint density at radius 1 is 0.773 bits per heavy atom. The van der Waals surface area contributed by atoms with Gasteiger partial charge >= 0.3 is 0 Å². The summed E-state index contributed by atoms with van der Waals surface area (Å²) >= 11 is 0. The summed E-state index contributed by atoms with van der Waals surface area (Å²) in [6, 6.07) is 8.80. The molecule has 3 heterocycles. The lowest BCUT2D eigenvalue weighted by Gasteiger charge is -2.03. The van der Waals surface area contributed by atoms with Gasteiger partial charge in [-0.05, 0) is 12.1 Å². The van der Waals surface area contributed by atoms with Crippen LogP contribution in [0.15, 0.2) is 61.3 Å². The highest BCUT2D eigenvalue weighted by atomic mass is 16.5. The SMILES string of the molecule is Nc1cncc(N)c1.Nc1cncc(Oc2ccccn2)c1. The van der Waals surface area contributed by atoms with E-state index in [0.29, 0.717) is 28.7 Å². The third kappa shape index (κ3) is 4.97. The van der Waals surface area contributed by atoms with E-state index in [-0.39, 0.29) is 0 Å². The van der Waals surface area contributed by atoms with Crippen LogP contribution in [0.5, 0.6) is 11.6 Å². The van der Waals surface area contributed by atoms with Crippen molar-refractivity contribution in [3.8, 4) is 11.6 Å². The summed E-state index contributed by atoms with van der Waals surface area (Å²) in [4.78, 5) is 11.6. The van der Waals surface area contributed by atoms with Crippen LogP contribution in [0.2, 0.25) is 0 Å². The second kappa shape index (κ2) is 7.44. The van der Waals surface area contributed by atoms with Crippen molar-refractivity contribution < 1.29 is 4.74 Å². The fourth-order valence-electron chi connectivity index (χ4n) is 1.50. The average Bonchev–Trinajstić information content (AvgIpc) is 2.49. The first kappa shape index (κ1) is 15.0. The number of nitrogens with zero attached hydrogens (tertiary/aromatic N) is 3. The molecule has 0 radical (unpaired) electrons. The minimum Gasteiger partial charge on any atom is -0.437 e. The Kier molecular flexibility index (Phi) is 5.09. The first-order chi connectivity index (χ1) is 10.6. The number of aromatic nitrogens is 3. The monoisotopic (exact) mass is 296 g/mol. The van der Waals surface area contributed by atoms with E-state index in [1.54, 1.807) is 49.2 Å². The van der Waals surface area contributed by atoms with Crippen LogP contribution < -0.4 is 21.9 Å². The number of nitrogens with two attached hydrogens (primary N) is 3. The molecule has 3 rings (SSSR count). The molecule has 0 amide bonds. The molecule has 0 aromatic carbocycles. The third-order valence-corrected chi connectivity index (χ3v) is 2.38. The zero-order chi connectivity index (χ0) is 15.8. The summed E-state index contributed by atoms with van der Waals surface area (Å²) in [5, 5.41) is 0. The number of hydrogen-bond donors (Lipinski definition) is 3. The van der Waals surface area contributed by atoms with Crippen molar-refractivity contribution in [2.24, 2.45) is 0 Å². The molecule has 112 valence electrons. The van der Waals surface area contributed by atoms with Crippen LogP contribution in [-0.2, 0) is 0 Å². The van der Waals surface area contributed by atoms with Gasteiger partial charge in [0.05, 0.1) is 29.5 Å². The topological polar surface area (TPSA) is 126 Å². The predicted molar refractivity (Wildman–Crippen MR) is 86.0 cm³/mol. The lowest BCUT2D eigenvalue weighted by Crippen LogP contribution is -1.90. The molecule has 22 heavy (non-hydrogen) atoms. The van der Waals surface area contributed by atoms with Crippen molar-refractivity contribution in [2.75, 3.05) is 17.2 Å². The second-order valence-electron chi connectivity index (χ2n) is 4.28. The van der Waals surface area contributed by atoms with E-state index in [0.717, 1.165) is 0 Å². The van der Waals surface area contributed by atoms with Crippen molar-refractivity contribution >= 4 is 17.1 Å². The van der Waals surface area contributed by atoms with Gasteiger partial charge in [-0.3, -0.25) is 9.97 Å². The standard InChI is InChI=1S/C10H9N3O.C5H7N3/c11-8-5-9(7-12-6-8)14-10-3-1-2-4-13-10;6-4-1-5(7)3-8-2-4/h1-7H,11H2;1-3H,6-7H2. The smallest absolute Gasteiger partial charge is 0.219 e. The molecule has 0 aliphatic carbocycles. The van der Waals surface area contributed by atoms with E-state index >= 15 is 0 Å². The number of anilines is 3. The van der Waals surface area contributed by atoms with Crippen molar-refractivity contribution in [3.63, 3.8) is 0 Å². The molecule has 0 aliphatic rings. The zero-order valence-electron chi connectivity index (χ0n) is 11.8. The molecule has 3 aromatic rings. The fraction of sp³-hybridized carbons (Fsp3) is 0. The summed E-state index contributed by atoms with van der Waals surface area (Å²) in [5.41, 5.74) is 18.0. The molecule has 6 N–H and O–H groups in total. The number of pyridine rings is 3. The molecular weight excluding hydrogens is 280 g/mol. The van der Waals surface area contributed by atoms with Gasteiger partial charge in [0.15, 0.2) is 0 Å². The van der Waals surface area contributed by atoms with Crippen molar-refractivity contribution in [1.82, 2.24) is 15.0 Å². The van der Waals surface area contributed by atoms with Gasteiger partial charge in [-0.2, -0.15) is 0 Å². The van der Waals surface area contributed by atoms with Crippen LogP contribution in [0, 0.1) is 0 Å². The Hall–Kier alpha value is -3.35. The summed E-state index contributed by atoms with van der Waals surface area (Å²) in [6.45, 7) is 0. The van der Waals surface area contributed by atoms with Gasteiger partial charge in [0, 0.05) is 30.7 Å². The molecule has 7 nitrogen and oxygen atoms in total. The lowest BCUT2D eigenvalue weighted by atomic mass is 10.4. The summed E-state index contributed by atoms with van der Waals surface area (Å²) in [7, 11) is 0. The molecule has 3 aromatic heterocycles. The average molecular weight is 296 g/mol. The van der Waals surface area contributed by atoms with Crippen LogP contribution in [0.4, 0.5) is 17.1 Å². The van der Waals surface area contributed by atoms with E-state index in [1.165, 1.54) is 0 Å². The minimum atomic E-state index is 0.528. The number of ether oxygens (including phenoxy) is 1. The van der Waals surface area contributed by atoms with Gasteiger partial charge in [0.1, 0.15) is 5.75 Å². The number of hydrogen-bond acceptors (Lipinski definition) is 7. The van der Waals surface area contributed by atoms with Gasteiger partial charge in [0.2, 0.25) is 5.88 Å². The van der Waals surface area contributed by atoms with Gasteiger partial charge in [-0.1, -0.05) is 6.07 Å². The fourth-order valence-corrected chi connectivity index (χ4v) is 1.50. The molecule has 0 aliphatic heterocycles. The largest absolute Gasteiger partial charge is 0.437 e. The minimum absolute atomic E-state index is 0.528. The first-order valence-corrected chi connectivity index (χ1v) is 6.39. The van der Waals surface area contributed by atoms with Gasteiger partial charge in [-0.15, -0.1) is 0 Å². The van der Waals surface area contributed by atoms with E-state index in [2.05, 4.69) is 15.0 Å². The number of rotatable bonds is 2. The van der Waals surface area contributed by atoms with Crippen LogP contribution in [0.1, 0.15) is 0 Å². The van der Waals surface area contributed by atoms with Gasteiger partial charge in [-0.25, -0.2) is 4.98 Å². The summed E-state index contributed by atoms with van der Waals surface area (Å²) < 4.78 is 5.41. The van der Waals surface area contributed by atoms with E-state index < -0.39 is 0 Å². The maximum absolute atomic E-state index is 5.55. The third-order valence-electron chi connectivity index (χ3n) is 2.38. The van der Waals surface area contributed by atoms with E-state index in [4.69, 9.17) is 21.9 Å². The van der Waals surface area contributed by atoms with Crippen LogP contribution >= 0.6 is 0 Å². The normalized spacial score (nSPS) is 9.45. The summed E-state index contributed by atoms with van der Waals surface area (Å²) in [5.74, 6) is 1.11. The quantitative estimate of drug-likeness (QED) is 0.661. The maximum atomic E-state index is 5.55. The maximum Gasteiger partial charge on any atom is 0.219 e. The Balaban J connectivity index is 0.000000188. The Morgan fingerprint density at radius 2 is 1.41 bits per heavy atom. The molecule has 7 heteroatoms. The molecule has 0 fully saturated rings. The highest BCUT2D eigenvalue weighted by molar-refractivity contribution is 5.47. The second-order valence-corrected chi connectivity index (χ2v) is 4.28. The Morgan fingerprint density at radius 3 is 1.91 bits per heavy atom. The van der Waals surface area contributed by atoms with Crippen molar-refractivity contribution in [3.05, 3.63) is 61.3 Å². The summed E-state index contributed by atoms with van der Waals surface area (Å²) in [6.07, 6.45) is 7.91. The van der Waals surface area contributed by atoms with Gasteiger partial charge in [0.25, 0.3) is 0 Å². The van der Waals surface area contributed by atoms with E-state index in [1.807, 2.05) is 12.1 Å². The molecule has 0 atom stereocenters. The molecule has 0 bridgehead atoms. The molecule has 0 saturated carbocycles. The number of nitrogen functional groups attached to an aromatic ring is 3. The van der Waals surface area contributed by atoms with E-state index in [9.17, 15) is 0 Å². The molecule has 0 unspecified atom stereocenters. The van der Waals surface area contributed by atoms with Crippen LogP contribution in [-0.4, -0.2) is 15.0 Å². The Labute approximate surface area is 127 Å². The van der Waals surface area contributed by atoms with Crippen molar-refractivity contribution in [2.45, 2.75) is 0 Å². The predicted octanol–water partition coefficient (Wildman–Crippen LogP) is 2.10. The van der Waals surface area contributed by atoms with Crippen LogP contribution in [0.25, 0.3) is 0 Å². The first-order valence-electron chi connectivity index (χ1n) is 6.39. The van der Waals surface area contributed by atoms with Crippen LogP contribution in [0.3, 0.4) is 0 Å². The Bertz CT molecular complexity index is 703. The highest BCUT2D eigenvalue weighted by Crippen LogP contribution is 2.19. The van der Waals surface area contributed by atoms with Crippen molar-refractivity contribution in [1.29, 1.82) is 0 Å². The highest BCUT2D eigenvalue weighted by Gasteiger charge is 1.97. The molecule has 0 spiro atoms. The zero-order valence-corrected chi connectivity index (χ0v) is 11.8. The van der Waals surface area contributed by atoms with Gasteiger partial charge < -0.3 is 21.9 Å². The molecule has 0 saturated heterocycles.